The monoisotopic (exact) mass is 339 g/mol. The summed E-state index contributed by atoms with van der Waals surface area (Å²) in [6.07, 6.45) is 3.66. The van der Waals surface area contributed by atoms with Crippen LogP contribution in [-0.2, 0) is 6.42 Å². The average Bonchev–Trinajstić information content (AvgIpc) is 2.66. The predicted molar refractivity (Wildman–Crippen MR) is 95.8 cm³/mol. The van der Waals surface area contributed by atoms with Crippen LogP contribution in [-0.4, -0.2) is 37.0 Å². The number of nitrogens with zero attached hydrogens (tertiary/aromatic N) is 1. The molecule has 0 spiro atoms. The van der Waals surface area contributed by atoms with Crippen LogP contribution in [0.4, 0.5) is 0 Å². The summed E-state index contributed by atoms with van der Waals surface area (Å²) in [6.45, 7) is 4.34. The molecule has 6 heteroatoms. The largest absolute Gasteiger partial charge is 0.496 e. The van der Waals surface area contributed by atoms with E-state index >= 15 is 0 Å². The maximum atomic E-state index is 12.2. The smallest absolute Gasteiger partial charge is 0.269 e. The van der Waals surface area contributed by atoms with E-state index in [1.165, 1.54) is 12.3 Å². The molecule has 0 unspecified atom stereocenters. The normalized spacial score (nSPS) is 9.96. The van der Waals surface area contributed by atoms with E-state index in [1.54, 1.807) is 19.3 Å². The van der Waals surface area contributed by atoms with Gasteiger partial charge in [-0.15, -0.1) is 6.58 Å². The van der Waals surface area contributed by atoms with Crippen molar-refractivity contribution in [1.82, 2.24) is 15.6 Å². The SMILES string of the molecule is C=CCNC(=O)c1ccnc(C(=O)NCCc2ccccc2OC)c1. The summed E-state index contributed by atoms with van der Waals surface area (Å²) in [5, 5.41) is 5.46. The number of aromatic nitrogens is 1. The number of amides is 2. The van der Waals surface area contributed by atoms with Crippen LogP contribution < -0.4 is 15.4 Å². The number of ether oxygens (including phenoxy) is 1. The topological polar surface area (TPSA) is 80.3 Å². The van der Waals surface area contributed by atoms with E-state index in [0.717, 1.165) is 11.3 Å². The lowest BCUT2D eigenvalue weighted by atomic mass is 10.1. The molecule has 130 valence electrons. The van der Waals surface area contributed by atoms with Gasteiger partial charge >= 0.3 is 0 Å². The summed E-state index contributed by atoms with van der Waals surface area (Å²) in [7, 11) is 1.62. The summed E-state index contributed by atoms with van der Waals surface area (Å²) in [6, 6.07) is 10.7. The highest BCUT2D eigenvalue weighted by Gasteiger charge is 2.11. The summed E-state index contributed by atoms with van der Waals surface area (Å²) in [5.41, 5.74) is 1.59. The maximum Gasteiger partial charge on any atom is 0.269 e. The molecule has 0 fully saturated rings. The summed E-state index contributed by atoms with van der Waals surface area (Å²) >= 11 is 0. The van der Waals surface area contributed by atoms with E-state index < -0.39 is 0 Å². The first-order chi connectivity index (χ1) is 12.2. The van der Waals surface area contributed by atoms with Gasteiger partial charge in [0, 0.05) is 24.8 Å². The molecule has 2 aromatic rings. The number of pyridine rings is 1. The number of nitrogens with one attached hydrogen (secondary N) is 2. The van der Waals surface area contributed by atoms with Gasteiger partial charge in [-0.25, -0.2) is 0 Å². The number of benzene rings is 1. The molecule has 2 rings (SSSR count). The van der Waals surface area contributed by atoms with Gasteiger partial charge in [-0.1, -0.05) is 24.3 Å². The molecule has 1 aromatic heterocycles. The quantitative estimate of drug-likeness (QED) is 0.721. The average molecular weight is 339 g/mol. The fourth-order valence-electron chi connectivity index (χ4n) is 2.27. The second-order valence-electron chi connectivity index (χ2n) is 5.25. The van der Waals surface area contributed by atoms with Crippen molar-refractivity contribution in [3.8, 4) is 5.75 Å². The van der Waals surface area contributed by atoms with Gasteiger partial charge in [0.15, 0.2) is 0 Å². The third-order valence-electron chi connectivity index (χ3n) is 3.53. The molecular weight excluding hydrogens is 318 g/mol. The number of hydrogen-bond donors (Lipinski definition) is 2. The zero-order chi connectivity index (χ0) is 18.1. The number of rotatable bonds is 8. The third-order valence-corrected chi connectivity index (χ3v) is 3.53. The van der Waals surface area contributed by atoms with Crippen molar-refractivity contribution >= 4 is 11.8 Å². The van der Waals surface area contributed by atoms with Crippen molar-refractivity contribution in [2.24, 2.45) is 0 Å². The first kappa shape index (κ1) is 18.2. The Hall–Kier alpha value is -3.15. The molecule has 0 atom stereocenters. The Kier molecular flexibility index (Phi) is 6.71. The van der Waals surface area contributed by atoms with Crippen molar-refractivity contribution in [3.05, 3.63) is 72.1 Å². The lowest BCUT2D eigenvalue weighted by Crippen LogP contribution is -2.28. The minimum absolute atomic E-state index is 0.200. The standard InChI is InChI=1S/C19H21N3O3/c1-3-10-21-18(23)15-9-11-20-16(13-15)19(24)22-12-8-14-6-4-5-7-17(14)25-2/h3-7,9,11,13H,1,8,10,12H2,2H3,(H,21,23)(H,22,24). The van der Waals surface area contributed by atoms with E-state index in [4.69, 9.17) is 4.74 Å². The third kappa shape index (κ3) is 5.17. The summed E-state index contributed by atoms with van der Waals surface area (Å²) in [4.78, 5) is 28.2. The van der Waals surface area contributed by atoms with Crippen LogP contribution >= 0.6 is 0 Å². The molecule has 0 saturated carbocycles. The van der Waals surface area contributed by atoms with Gasteiger partial charge in [-0.3, -0.25) is 14.6 Å². The van der Waals surface area contributed by atoms with Crippen molar-refractivity contribution in [2.75, 3.05) is 20.2 Å². The molecule has 6 nitrogen and oxygen atoms in total. The number of hydrogen-bond acceptors (Lipinski definition) is 4. The zero-order valence-electron chi connectivity index (χ0n) is 14.1. The van der Waals surface area contributed by atoms with Gasteiger partial charge < -0.3 is 15.4 Å². The molecule has 0 bridgehead atoms. The van der Waals surface area contributed by atoms with Gasteiger partial charge in [0.25, 0.3) is 11.8 Å². The van der Waals surface area contributed by atoms with Crippen LogP contribution in [0.3, 0.4) is 0 Å². The van der Waals surface area contributed by atoms with Crippen molar-refractivity contribution < 1.29 is 14.3 Å². The molecular formula is C19H21N3O3. The molecule has 2 amide bonds. The number of methoxy groups -OCH3 is 1. The lowest BCUT2D eigenvalue weighted by molar-refractivity contribution is 0.0949. The van der Waals surface area contributed by atoms with Crippen LogP contribution in [0.2, 0.25) is 0 Å². The molecule has 0 aliphatic rings. The Labute approximate surface area is 146 Å². The Morgan fingerprint density at radius 3 is 2.76 bits per heavy atom. The molecule has 2 N–H and O–H groups in total. The van der Waals surface area contributed by atoms with Crippen LogP contribution in [0.5, 0.6) is 5.75 Å². The highest BCUT2D eigenvalue weighted by atomic mass is 16.5. The van der Waals surface area contributed by atoms with Gasteiger partial charge in [-0.05, 0) is 30.2 Å². The fraction of sp³-hybridized carbons (Fsp3) is 0.211. The summed E-state index contributed by atoms with van der Waals surface area (Å²) in [5.74, 6) is 0.189. The Morgan fingerprint density at radius 2 is 2.00 bits per heavy atom. The van der Waals surface area contributed by atoms with Gasteiger partial charge in [0.1, 0.15) is 11.4 Å². The number of carbonyl (C=O) groups is 2. The molecule has 0 saturated heterocycles. The number of para-hydroxylation sites is 1. The Bertz CT molecular complexity index is 759. The Balaban J connectivity index is 1.94. The maximum absolute atomic E-state index is 12.2. The van der Waals surface area contributed by atoms with Gasteiger partial charge in [-0.2, -0.15) is 0 Å². The van der Waals surface area contributed by atoms with Crippen LogP contribution in [0.25, 0.3) is 0 Å². The molecule has 1 heterocycles. The van der Waals surface area contributed by atoms with E-state index in [0.29, 0.717) is 25.1 Å². The number of carbonyl (C=O) groups excluding carboxylic acids is 2. The zero-order valence-corrected chi connectivity index (χ0v) is 14.1. The van der Waals surface area contributed by atoms with E-state index in [-0.39, 0.29) is 17.5 Å². The second kappa shape index (κ2) is 9.22. The highest BCUT2D eigenvalue weighted by molar-refractivity contribution is 5.98. The Morgan fingerprint density at radius 1 is 1.20 bits per heavy atom. The van der Waals surface area contributed by atoms with Crippen LogP contribution in [0.15, 0.2) is 55.3 Å². The lowest BCUT2D eigenvalue weighted by Gasteiger charge is -2.09. The fourth-order valence-corrected chi connectivity index (χ4v) is 2.27. The van der Waals surface area contributed by atoms with Crippen molar-refractivity contribution in [1.29, 1.82) is 0 Å². The molecule has 0 radical (unpaired) electrons. The first-order valence-corrected chi connectivity index (χ1v) is 7.91. The second-order valence-corrected chi connectivity index (χ2v) is 5.25. The minimum atomic E-state index is -0.326. The molecule has 1 aromatic carbocycles. The van der Waals surface area contributed by atoms with Crippen molar-refractivity contribution in [2.45, 2.75) is 6.42 Å². The minimum Gasteiger partial charge on any atom is -0.496 e. The van der Waals surface area contributed by atoms with E-state index in [9.17, 15) is 9.59 Å². The van der Waals surface area contributed by atoms with Gasteiger partial charge in [0.2, 0.25) is 0 Å². The van der Waals surface area contributed by atoms with E-state index in [2.05, 4.69) is 22.2 Å². The molecule has 0 aliphatic heterocycles. The van der Waals surface area contributed by atoms with Crippen LogP contribution in [0, 0.1) is 0 Å². The predicted octanol–water partition coefficient (Wildman–Crippen LogP) is 1.98. The molecule has 0 aliphatic carbocycles. The van der Waals surface area contributed by atoms with E-state index in [1.807, 2.05) is 24.3 Å². The first-order valence-electron chi connectivity index (χ1n) is 7.91. The van der Waals surface area contributed by atoms with Crippen LogP contribution in [0.1, 0.15) is 26.4 Å². The van der Waals surface area contributed by atoms with Gasteiger partial charge in [0.05, 0.1) is 7.11 Å². The summed E-state index contributed by atoms with van der Waals surface area (Å²) < 4.78 is 5.29. The van der Waals surface area contributed by atoms with Crippen molar-refractivity contribution in [3.63, 3.8) is 0 Å². The highest BCUT2D eigenvalue weighted by Crippen LogP contribution is 2.17. The molecule has 25 heavy (non-hydrogen) atoms.